The summed E-state index contributed by atoms with van der Waals surface area (Å²) >= 11 is 0. The summed E-state index contributed by atoms with van der Waals surface area (Å²) < 4.78 is 45.8. The quantitative estimate of drug-likeness (QED) is 0.576. The van der Waals surface area contributed by atoms with Gasteiger partial charge in [-0.3, -0.25) is 19.2 Å². The van der Waals surface area contributed by atoms with Gasteiger partial charge in [-0.1, -0.05) is 12.1 Å². The maximum absolute atomic E-state index is 13.0. The van der Waals surface area contributed by atoms with E-state index in [0.717, 1.165) is 12.1 Å². The molecule has 0 unspecified atom stereocenters. The van der Waals surface area contributed by atoms with E-state index in [4.69, 9.17) is 4.74 Å². The van der Waals surface area contributed by atoms with Gasteiger partial charge in [-0.05, 0) is 60.7 Å². The van der Waals surface area contributed by atoms with Crippen molar-refractivity contribution in [3.05, 3.63) is 78.6 Å². The lowest BCUT2D eigenvalue weighted by Crippen LogP contribution is -2.37. The number of fused-ring (bicyclic) bond motifs is 1. The number of hydrogen-bond acceptors (Lipinski definition) is 5. The summed E-state index contributed by atoms with van der Waals surface area (Å²) in [5, 5.41) is 2.70. The SMILES string of the molecule is O=C(CN1C(=O)CCOc2ccccc21)Nc1ccc(NS(=O)(=O)c2ccc(F)cc2)cc1. The van der Waals surface area contributed by atoms with Crippen molar-refractivity contribution in [2.75, 3.05) is 28.1 Å². The van der Waals surface area contributed by atoms with Gasteiger partial charge in [-0.25, -0.2) is 12.8 Å². The van der Waals surface area contributed by atoms with Gasteiger partial charge < -0.3 is 10.1 Å². The Morgan fingerprint density at radius 3 is 2.36 bits per heavy atom. The Morgan fingerprint density at radius 1 is 0.970 bits per heavy atom. The molecule has 1 heterocycles. The predicted molar refractivity (Wildman–Crippen MR) is 121 cm³/mol. The van der Waals surface area contributed by atoms with Crippen LogP contribution in [0.2, 0.25) is 0 Å². The minimum atomic E-state index is -3.88. The molecule has 8 nitrogen and oxygen atoms in total. The molecule has 0 saturated heterocycles. The molecule has 2 amide bonds. The summed E-state index contributed by atoms with van der Waals surface area (Å²) in [5.41, 5.74) is 1.23. The first-order chi connectivity index (χ1) is 15.8. The molecule has 33 heavy (non-hydrogen) atoms. The van der Waals surface area contributed by atoms with Crippen molar-refractivity contribution in [3.8, 4) is 5.75 Å². The molecule has 3 aromatic rings. The van der Waals surface area contributed by atoms with Gasteiger partial charge >= 0.3 is 0 Å². The number of para-hydroxylation sites is 2. The fourth-order valence-electron chi connectivity index (χ4n) is 3.29. The van der Waals surface area contributed by atoms with Crippen molar-refractivity contribution < 1.29 is 27.1 Å². The zero-order valence-electron chi connectivity index (χ0n) is 17.3. The molecule has 0 fully saturated rings. The van der Waals surface area contributed by atoms with E-state index in [9.17, 15) is 22.4 Å². The number of ether oxygens (including phenoxy) is 1. The number of anilines is 3. The lowest BCUT2D eigenvalue weighted by atomic mass is 10.2. The molecule has 0 aromatic heterocycles. The van der Waals surface area contributed by atoms with Gasteiger partial charge in [0, 0.05) is 11.4 Å². The second-order valence-electron chi connectivity index (χ2n) is 7.23. The Hall–Kier alpha value is -3.92. The number of benzene rings is 3. The molecule has 170 valence electrons. The number of rotatable bonds is 6. The maximum Gasteiger partial charge on any atom is 0.261 e. The van der Waals surface area contributed by atoms with E-state index in [0.29, 0.717) is 17.1 Å². The van der Waals surface area contributed by atoms with E-state index in [1.165, 1.54) is 41.3 Å². The number of hydrogen-bond donors (Lipinski definition) is 2. The van der Waals surface area contributed by atoms with E-state index in [2.05, 4.69) is 10.0 Å². The highest BCUT2D eigenvalue weighted by Crippen LogP contribution is 2.30. The third kappa shape index (κ3) is 5.29. The molecule has 0 spiro atoms. The van der Waals surface area contributed by atoms with Crippen LogP contribution in [0.25, 0.3) is 0 Å². The molecular weight excluding hydrogens is 449 g/mol. The molecule has 0 bridgehead atoms. The van der Waals surface area contributed by atoms with Gasteiger partial charge in [-0.2, -0.15) is 0 Å². The standard InChI is InChI=1S/C23H20FN3O5S/c24-16-5-11-19(12-6-16)33(30,31)26-18-9-7-17(8-10-18)25-22(28)15-27-20-3-1-2-4-21(20)32-14-13-23(27)29/h1-12,26H,13-15H2,(H,25,28). The molecule has 0 radical (unpaired) electrons. The predicted octanol–water partition coefficient (Wildman–Crippen LogP) is 3.38. The topological polar surface area (TPSA) is 105 Å². The normalized spacial score (nSPS) is 13.5. The van der Waals surface area contributed by atoms with E-state index in [1.54, 1.807) is 24.3 Å². The summed E-state index contributed by atoms with van der Waals surface area (Å²) in [6.45, 7) is 0.0431. The monoisotopic (exact) mass is 469 g/mol. The summed E-state index contributed by atoms with van der Waals surface area (Å²) in [5.74, 6) is -0.638. The molecular formula is C23H20FN3O5S. The number of halogens is 1. The minimum absolute atomic E-state index is 0.0762. The second kappa shape index (κ2) is 9.29. The average molecular weight is 469 g/mol. The molecule has 0 saturated carbocycles. The highest BCUT2D eigenvalue weighted by atomic mass is 32.2. The first kappa shape index (κ1) is 22.3. The highest BCUT2D eigenvalue weighted by molar-refractivity contribution is 7.92. The largest absolute Gasteiger partial charge is 0.491 e. The molecule has 4 rings (SSSR count). The van der Waals surface area contributed by atoms with Crippen LogP contribution in [0.5, 0.6) is 5.75 Å². The smallest absolute Gasteiger partial charge is 0.261 e. The van der Waals surface area contributed by atoms with Crippen LogP contribution in [0.4, 0.5) is 21.5 Å². The van der Waals surface area contributed by atoms with Crippen LogP contribution in [0.1, 0.15) is 6.42 Å². The lowest BCUT2D eigenvalue weighted by Gasteiger charge is -2.21. The Balaban J connectivity index is 1.41. The van der Waals surface area contributed by atoms with Crippen LogP contribution < -0.4 is 19.7 Å². The number of carbonyl (C=O) groups is 2. The molecule has 2 N–H and O–H groups in total. The fourth-order valence-corrected chi connectivity index (χ4v) is 4.35. The first-order valence-electron chi connectivity index (χ1n) is 10.0. The van der Waals surface area contributed by atoms with Gasteiger partial charge in [0.15, 0.2) is 0 Å². The van der Waals surface area contributed by atoms with Crippen LogP contribution in [-0.4, -0.2) is 33.4 Å². The fraction of sp³-hybridized carbons (Fsp3) is 0.130. The van der Waals surface area contributed by atoms with E-state index < -0.39 is 21.7 Å². The molecule has 10 heteroatoms. The summed E-state index contributed by atoms with van der Waals surface area (Å²) in [6.07, 6.45) is 0.158. The molecule has 0 atom stereocenters. The number of sulfonamides is 1. The van der Waals surface area contributed by atoms with Crippen molar-refractivity contribution in [2.45, 2.75) is 11.3 Å². The van der Waals surface area contributed by atoms with Crippen LogP contribution >= 0.6 is 0 Å². The third-order valence-corrected chi connectivity index (χ3v) is 6.27. The van der Waals surface area contributed by atoms with Crippen LogP contribution in [-0.2, 0) is 19.6 Å². The maximum atomic E-state index is 13.0. The van der Waals surface area contributed by atoms with Gasteiger partial charge in [0.05, 0.1) is 23.6 Å². The average Bonchev–Trinajstić information content (AvgIpc) is 2.94. The van der Waals surface area contributed by atoms with Crippen molar-refractivity contribution in [3.63, 3.8) is 0 Å². The van der Waals surface area contributed by atoms with Gasteiger partial charge in [0.2, 0.25) is 11.8 Å². The zero-order chi connectivity index (χ0) is 23.4. The highest BCUT2D eigenvalue weighted by Gasteiger charge is 2.25. The third-order valence-electron chi connectivity index (χ3n) is 4.88. The number of nitrogens with zero attached hydrogens (tertiary/aromatic N) is 1. The Morgan fingerprint density at radius 2 is 1.64 bits per heavy atom. The molecule has 3 aromatic carbocycles. The minimum Gasteiger partial charge on any atom is -0.491 e. The number of carbonyl (C=O) groups excluding carboxylic acids is 2. The van der Waals surface area contributed by atoms with Gasteiger partial charge in [-0.15, -0.1) is 0 Å². The summed E-state index contributed by atoms with van der Waals surface area (Å²) in [7, 11) is -3.88. The van der Waals surface area contributed by atoms with Crippen molar-refractivity contribution >= 4 is 38.9 Å². The number of amides is 2. The molecule has 0 aliphatic carbocycles. The first-order valence-corrected chi connectivity index (χ1v) is 11.5. The number of nitrogens with one attached hydrogen (secondary N) is 2. The molecule has 1 aliphatic heterocycles. The van der Waals surface area contributed by atoms with E-state index in [-0.39, 0.29) is 36.1 Å². The van der Waals surface area contributed by atoms with Crippen molar-refractivity contribution in [2.24, 2.45) is 0 Å². The van der Waals surface area contributed by atoms with Gasteiger partial charge in [0.25, 0.3) is 10.0 Å². The lowest BCUT2D eigenvalue weighted by molar-refractivity contribution is -0.121. The Kier molecular flexibility index (Phi) is 6.27. The van der Waals surface area contributed by atoms with E-state index >= 15 is 0 Å². The van der Waals surface area contributed by atoms with Crippen molar-refractivity contribution in [1.82, 2.24) is 0 Å². The Labute approximate surface area is 190 Å². The van der Waals surface area contributed by atoms with Gasteiger partial charge in [0.1, 0.15) is 18.1 Å². The van der Waals surface area contributed by atoms with E-state index in [1.807, 2.05) is 0 Å². The zero-order valence-corrected chi connectivity index (χ0v) is 18.1. The Bertz CT molecular complexity index is 1280. The van der Waals surface area contributed by atoms with Crippen molar-refractivity contribution in [1.29, 1.82) is 0 Å². The summed E-state index contributed by atoms with van der Waals surface area (Å²) in [6, 6.07) is 17.5. The second-order valence-corrected chi connectivity index (χ2v) is 8.91. The molecule has 1 aliphatic rings. The van der Waals surface area contributed by atoms with Crippen LogP contribution in [0.3, 0.4) is 0 Å². The van der Waals surface area contributed by atoms with Crippen LogP contribution in [0, 0.1) is 5.82 Å². The summed E-state index contributed by atoms with van der Waals surface area (Å²) in [4.78, 5) is 26.3. The van der Waals surface area contributed by atoms with Crippen LogP contribution in [0.15, 0.2) is 77.7 Å².